The predicted octanol–water partition coefficient (Wildman–Crippen LogP) is 2.22. The number of nitrogens with one attached hydrogen (secondary N) is 1. The first-order chi connectivity index (χ1) is 4.76. The van der Waals surface area contributed by atoms with Crippen molar-refractivity contribution < 1.29 is 0 Å². The van der Waals surface area contributed by atoms with E-state index >= 15 is 0 Å². The summed E-state index contributed by atoms with van der Waals surface area (Å²) in [6, 6.07) is 0. The van der Waals surface area contributed by atoms with Crippen molar-refractivity contribution >= 4 is 0 Å². The minimum atomic E-state index is 1.19. The molecule has 0 unspecified atom stereocenters. The molecule has 0 saturated carbocycles. The Morgan fingerprint density at radius 2 is 1.40 bits per heavy atom. The Balaban J connectivity index is 0. The van der Waals surface area contributed by atoms with Gasteiger partial charge in [0.15, 0.2) is 0 Å². The van der Waals surface area contributed by atoms with Crippen LogP contribution in [-0.2, 0) is 0 Å². The molecule has 4 heteroatoms. The van der Waals surface area contributed by atoms with E-state index in [0.717, 1.165) is 0 Å². The maximum atomic E-state index is 6.86. The van der Waals surface area contributed by atoms with Crippen molar-refractivity contribution in [3.63, 3.8) is 0 Å². The highest BCUT2D eigenvalue weighted by Gasteiger charge is 1.89. The molecule has 0 aromatic rings. The molecule has 0 fully saturated rings. The molecule has 0 amide bonds. The zero-order valence-electron chi connectivity index (χ0n) is 6.96. The second-order valence-electron chi connectivity index (χ2n) is 1.72. The molecule has 0 aliphatic heterocycles. The van der Waals surface area contributed by atoms with Crippen LogP contribution in [0.4, 0.5) is 0 Å². The maximum Gasteiger partial charge on any atom is -0.00208 e. The molecule has 10 heavy (non-hydrogen) atoms. The van der Waals surface area contributed by atoms with Crippen molar-refractivity contribution in [2.75, 3.05) is 19.6 Å². The molecular formula is C6H16N4. The average molecular weight is 144 g/mol. The van der Waals surface area contributed by atoms with E-state index in [-0.39, 0.29) is 0 Å². The second-order valence-corrected chi connectivity index (χ2v) is 1.72. The second kappa shape index (κ2) is 11.1. The van der Waals surface area contributed by atoms with E-state index < -0.39 is 0 Å². The normalized spacial score (nSPS) is 8.00. The summed E-state index contributed by atoms with van der Waals surface area (Å²) < 4.78 is 0. The van der Waals surface area contributed by atoms with Crippen LogP contribution in [-0.4, -0.2) is 24.5 Å². The molecule has 0 aromatic carbocycles. The van der Waals surface area contributed by atoms with Crippen LogP contribution in [0.5, 0.6) is 0 Å². The van der Waals surface area contributed by atoms with Crippen LogP contribution in [0.25, 0.3) is 10.4 Å². The van der Waals surface area contributed by atoms with Gasteiger partial charge in [-0.25, -0.2) is 0 Å². The predicted molar refractivity (Wildman–Crippen MR) is 42.9 cm³/mol. The smallest absolute Gasteiger partial charge is 0.00208 e. The highest BCUT2D eigenvalue weighted by Crippen LogP contribution is 1.81. The van der Waals surface area contributed by atoms with Gasteiger partial charge in [0.05, 0.1) is 0 Å². The summed E-state index contributed by atoms with van der Waals surface area (Å²) >= 11 is 0. The zero-order valence-corrected chi connectivity index (χ0v) is 6.96. The van der Waals surface area contributed by atoms with Gasteiger partial charge in [-0.15, -0.1) is 5.53 Å². The van der Waals surface area contributed by atoms with E-state index in [1.165, 1.54) is 19.6 Å². The summed E-state index contributed by atoms with van der Waals surface area (Å²) in [6.45, 7) is 10.1. The minimum absolute atomic E-state index is 1.19. The molecule has 0 heterocycles. The quantitative estimate of drug-likeness (QED) is 0.368. The van der Waals surface area contributed by atoms with Crippen molar-refractivity contribution in [3.8, 4) is 0 Å². The van der Waals surface area contributed by atoms with Gasteiger partial charge in [0.1, 0.15) is 0 Å². The fourth-order valence-corrected chi connectivity index (χ4v) is 0.671. The largest absolute Gasteiger partial charge is 0.304 e. The summed E-state index contributed by atoms with van der Waals surface area (Å²) in [6.07, 6.45) is 0. The molecule has 0 atom stereocenters. The Bertz CT molecular complexity index is 76.2. The van der Waals surface area contributed by atoms with E-state index in [9.17, 15) is 0 Å². The zero-order chi connectivity index (χ0) is 8.41. The van der Waals surface area contributed by atoms with Crippen molar-refractivity contribution in [2.24, 2.45) is 0 Å². The van der Waals surface area contributed by atoms with Gasteiger partial charge in [0.2, 0.25) is 0 Å². The van der Waals surface area contributed by atoms with E-state index in [1.807, 2.05) is 0 Å². The van der Waals surface area contributed by atoms with Crippen molar-refractivity contribution in [3.05, 3.63) is 10.4 Å². The monoisotopic (exact) mass is 144 g/mol. The van der Waals surface area contributed by atoms with E-state index in [4.69, 9.17) is 11.1 Å². The van der Waals surface area contributed by atoms with Crippen LogP contribution in [0.15, 0.2) is 0 Å². The third-order valence-corrected chi connectivity index (χ3v) is 1.34. The van der Waals surface area contributed by atoms with Crippen LogP contribution < -0.4 is 0 Å². The molecule has 0 aromatic heterocycles. The van der Waals surface area contributed by atoms with Crippen molar-refractivity contribution in [1.29, 1.82) is 5.53 Å². The number of hydrogen-bond donors (Lipinski definition) is 1. The number of nitrogens with zero attached hydrogens (tertiary/aromatic N) is 3. The molecule has 0 rings (SSSR count). The molecule has 0 aliphatic carbocycles. The summed E-state index contributed by atoms with van der Waals surface area (Å²) in [5.74, 6) is 0. The Morgan fingerprint density at radius 1 is 1.20 bits per heavy atom. The molecule has 0 saturated heterocycles. The third-order valence-electron chi connectivity index (χ3n) is 1.34. The molecular weight excluding hydrogens is 128 g/mol. The van der Waals surface area contributed by atoms with Gasteiger partial charge in [0, 0.05) is 0 Å². The van der Waals surface area contributed by atoms with Gasteiger partial charge >= 0.3 is 0 Å². The lowest BCUT2D eigenvalue weighted by molar-refractivity contribution is 0.321. The van der Waals surface area contributed by atoms with Gasteiger partial charge in [-0.2, -0.15) is 0 Å². The number of hydrogen-bond acceptors (Lipinski definition) is 2. The van der Waals surface area contributed by atoms with E-state index in [1.54, 1.807) is 4.91 Å². The van der Waals surface area contributed by atoms with Crippen LogP contribution in [0, 0.1) is 5.53 Å². The highest BCUT2D eigenvalue weighted by atomic mass is 15.1. The fourth-order valence-electron chi connectivity index (χ4n) is 0.671. The molecule has 0 bridgehead atoms. The van der Waals surface area contributed by atoms with Crippen LogP contribution in [0.2, 0.25) is 0 Å². The average Bonchev–Trinajstić information content (AvgIpc) is 1.93. The topological polar surface area (TPSA) is 63.5 Å². The Labute approximate surface area is 62.3 Å². The Morgan fingerprint density at radius 3 is 1.40 bits per heavy atom. The molecule has 1 N–H and O–H groups in total. The van der Waals surface area contributed by atoms with Gasteiger partial charge in [-0.3, -0.25) is 0 Å². The lowest BCUT2D eigenvalue weighted by Gasteiger charge is -2.13. The summed E-state index contributed by atoms with van der Waals surface area (Å²) in [4.78, 5) is 4.12. The van der Waals surface area contributed by atoms with Gasteiger partial charge in [-0.1, -0.05) is 20.8 Å². The first kappa shape index (κ1) is 12.0. The van der Waals surface area contributed by atoms with Gasteiger partial charge < -0.3 is 4.90 Å². The first-order valence-corrected chi connectivity index (χ1v) is 3.49. The molecule has 4 nitrogen and oxygen atoms in total. The lowest BCUT2D eigenvalue weighted by atomic mass is 10.5. The summed E-state index contributed by atoms with van der Waals surface area (Å²) in [5.41, 5.74) is 12.2. The van der Waals surface area contributed by atoms with Crippen LogP contribution >= 0.6 is 0 Å². The third kappa shape index (κ3) is 10.3. The maximum absolute atomic E-state index is 6.86. The van der Waals surface area contributed by atoms with Crippen molar-refractivity contribution in [1.82, 2.24) is 4.90 Å². The van der Waals surface area contributed by atoms with Gasteiger partial charge in [-0.05, 0) is 30.1 Å². The standard InChI is InChI=1S/C6H15N.HN3/c1-4-7(5-2)6-3;1-3-2/h4-6H2,1-3H3;1H. The van der Waals surface area contributed by atoms with Crippen LogP contribution in [0.3, 0.4) is 0 Å². The van der Waals surface area contributed by atoms with Crippen molar-refractivity contribution in [2.45, 2.75) is 20.8 Å². The number of rotatable bonds is 3. The molecule has 0 radical (unpaired) electrons. The first-order valence-electron chi connectivity index (χ1n) is 3.49. The highest BCUT2D eigenvalue weighted by molar-refractivity contribution is 4.43. The fraction of sp³-hybridized carbons (Fsp3) is 1.00. The summed E-state index contributed by atoms with van der Waals surface area (Å²) in [7, 11) is 0. The molecule has 60 valence electrons. The van der Waals surface area contributed by atoms with Gasteiger partial charge in [0.25, 0.3) is 0 Å². The summed E-state index contributed by atoms with van der Waals surface area (Å²) in [5, 5.41) is 0. The molecule has 0 spiro atoms. The minimum Gasteiger partial charge on any atom is -0.304 e. The van der Waals surface area contributed by atoms with E-state index in [2.05, 4.69) is 25.7 Å². The lowest BCUT2D eigenvalue weighted by Crippen LogP contribution is -2.21. The Hall–Kier alpha value is -0.730. The van der Waals surface area contributed by atoms with Crippen LogP contribution in [0.1, 0.15) is 20.8 Å². The molecule has 0 aliphatic rings. The Kier molecular flexibility index (Phi) is 13.3. The van der Waals surface area contributed by atoms with E-state index in [0.29, 0.717) is 0 Å². The SMILES string of the molecule is CCN(CC)CC.[N-]=[N+]=N.